The number of aromatic nitrogens is 2. The SMILES string of the molecule is N#Cc1ccc(CNc2ccc3[nH]c(=O)[nH]c3c2)o1. The van der Waals surface area contributed by atoms with Crippen molar-refractivity contribution in [1.29, 1.82) is 5.26 Å². The first-order valence-corrected chi connectivity index (χ1v) is 5.69. The fourth-order valence-corrected chi connectivity index (χ4v) is 1.86. The Morgan fingerprint density at radius 2 is 2.05 bits per heavy atom. The molecule has 2 heterocycles. The van der Waals surface area contributed by atoms with Crippen LogP contribution >= 0.6 is 0 Å². The number of H-pyrrole nitrogens is 2. The minimum absolute atomic E-state index is 0.225. The summed E-state index contributed by atoms with van der Waals surface area (Å²) in [5.74, 6) is 0.974. The van der Waals surface area contributed by atoms with Crippen LogP contribution in [-0.4, -0.2) is 9.97 Å². The van der Waals surface area contributed by atoms with Crippen molar-refractivity contribution in [1.82, 2.24) is 9.97 Å². The van der Waals surface area contributed by atoms with Gasteiger partial charge in [-0.2, -0.15) is 5.26 Å². The molecular formula is C13H10N4O2. The second-order valence-electron chi connectivity index (χ2n) is 4.07. The highest BCUT2D eigenvalue weighted by Crippen LogP contribution is 2.16. The molecule has 1 aromatic carbocycles. The number of hydrogen-bond acceptors (Lipinski definition) is 4. The lowest BCUT2D eigenvalue weighted by Gasteiger charge is -2.03. The fraction of sp³-hybridized carbons (Fsp3) is 0.0769. The molecule has 0 radical (unpaired) electrons. The maximum absolute atomic E-state index is 11.1. The first kappa shape index (κ1) is 11.2. The number of imidazole rings is 1. The normalized spacial score (nSPS) is 10.5. The maximum atomic E-state index is 11.1. The molecule has 19 heavy (non-hydrogen) atoms. The summed E-state index contributed by atoms with van der Waals surface area (Å²) in [5, 5.41) is 11.8. The third kappa shape index (κ3) is 2.21. The van der Waals surface area contributed by atoms with Gasteiger partial charge in [-0.25, -0.2) is 4.79 Å². The van der Waals surface area contributed by atoms with E-state index in [0.717, 1.165) is 16.7 Å². The monoisotopic (exact) mass is 254 g/mol. The van der Waals surface area contributed by atoms with E-state index in [1.165, 1.54) is 0 Å². The third-order valence-electron chi connectivity index (χ3n) is 2.75. The molecular weight excluding hydrogens is 244 g/mol. The summed E-state index contributed by atoms with van der Waals surface area (Å²) in [6, 6.07) is 10.8. The van der Waals surface area contributed by atoms with E-state index in [1.54, 1.807) is 12.1 Å². The van der Waals surface area contributed by atoms with Gasteiger partial charge in [0.1, 0.15) is 11.8 Å². The van der Waals surface area contributed by atoms with Gasteiger partial charge in [-0.15, -0.1) is 0 Å². The zero-order chi connectivity index (χ0) is 13.2. The first-order valence-electron chi connectivity index (χ1n) is 5.69. The van der Waals surface area contributed by atoms with Crippen LogP contribution in [0.5, 0.6) is 0 Å². The molecule has 0 bridgehead atoms. The van der Waals surface area contributed by atoms with Gasteiger partial charge >= 0.3 is 5.69 Å². The number of nitriles is 1. The largest absolute Gasteiger partial charge is 0.449 e. The van der Waals surface area contributed by atoms with Crippen LogP contribution in [0, 0.1) is 11.3 Å². The van der Waals surface area contributed by atoms with E-state index >= 15 is 0 Å². The smallest absolute Gasteiger partial charge is 0.323 e. The Kier molecular flexibility index (Phi) is 2.58. The maximum Gasteiger partial charge on any atom is 0.323 e. The molecule has 3 aromatic rings. The Labute approximate surface area is 107 Å². The van der Waals surface area contributed by atoms with Crippen LogP contribution in [0.2, 0.25) is 0 Å². The Morgan fingerprint density at radius 1 is 1.21 bits per heavy atom. The lowest BCUT2D eigenvalue weighted by molar-refractivity contribution is 0.506. The molecule has 2 aromatic heterocycles. The molecule has 6 heteroatoms. The Hall–Kier alpha value is -2.94. The molecule has 0 amide bonds. The van der Waals surface area contributed by atoms with Crippen molar-refractivity contribution in [2.24, 2.45) is 0 Å². The lowest BCUT2D eigenvalue weighted by atomic mass is 10.2. The number of furan rings is 1. The predicted molar refractivity (Wildman–Crippen MR) is 69.7 cm³/mol. The van der Waals surface area contributed by atoms with Gasteiger partial charge in [0.2, 0.25) is 5.76 Å². The van der Waals surface area contributed by atoms with Crippen LogP contribution < -0.4 is 11.0 Å². The first-order chi connectivity index (χ1) is 9.24. The predicted octanol–water partition coefficient (Wildman–Crippen LogP) is 1.93. The number of benzene rings is 1. The van der Waals surface area contributed by atoms with Gasteiger partial charge < -0.3 is 19.7 Å². The number of rotatable bonds is 3. The molecule has 0 spiro atoms. The topological polar surface area (TPSA) is 97.6 Å². The zero-order valence-corrected chi connectivity index (χ0v) is 9.86. The molecule has 0 saturated heterocycles. The molecule has 0 fully saturated rings. The van der Waals surface area contributed by atoms with E-state index in [-0.39, 0.29) is 5.69 Å². The van der Waals surface area contributed by atoms with Crippen molar-refractivity contribution < 1.29 is 4.42 Å². The number of fused-ring (bicyclic) bond motifs is 1. The number of nitrogens with zero attached hydrogens (tertiary/aromatic N) is 1. The van der Waals surface area contributed by atoms with Crippen molar-refractivity contribution in [3.8, 4) is 6.07 Å². The van der Waals surface area contributed by atoms with Gasteiger partial charge in [-0.05, 0) is 30.3 Å². The Bertz CT molecular complexity index is 819. The molecule has 3 rings (SSSR count). The van der Waals surface area contributed by atoms with Crippen molar-refractivity contribution in [2.75, 3.05) is 5.32 Å². The Morgan fingerprint density at radius 3 is 2.84 bits per heavy atom. The molecule has 94 valence electrons. The molecule has 0 aliphatic heterocycles. The van der Waals surface area contributed by atoms with Crippen molar-refractivity contribution in [2.45, 2.75) is 6.54 Å². The fourth-order valence-electron chi connectivity index (χ4n) is 1.86. The van der Waals surface area contributed by atoms with E-state index in [9.17, 15) is 4.79 Å². The van der Waals surface area contributed by atoms with Crippen LogP contribution in [0.3, 0.4) is 0 Å². The van der Waals surface area contributed by atoms with Crippen LogP contribution in [0.4, 0.5) is 5.69 Å². The third-order valence-corrected chi connectivity index (χ3v) is 2.75. The van der Waals surface area contributed by atoms with Gasteiger partial charge in [0.25, 0.3) is 0 Å². The van der Waals surface area contributed by atoms with Gasteiger partial charge in [-0.3, -0.25) is 0 Å². The van der Waals surface area contributed by atoms with Gasteiger partial charge in [0.15, 0.2) is 0 Å². The quantitative estimate of drug-likeness (QED) is 0.665. The number of hydrogen-bond donors (Lipinski definition) is 3. The van der Waals surface area contributed by atoms with E-state index in [4.69, 9.17) is 9.68 Å². The minimum atomic E-state index is -0.225. The second-order valence-corrected chi connectivity index (χ2v) is 4.07. The Balaban J connectivity index is 1.77. The van der Waals surface area contributed by atoms with Gasteiger partial charge in [0, 0.05) is 5.69 Å². The van der Waals surface area contributed by atoms with Crippen molar-refractivity contribution in [3.05, 3.63) is 52.3 Å². The van der Waals surface area contributed by atoms with Crippen LogP contribution in [0.1, 0.15) is 11.5 Å². The number of aromatic amines is 2. The molecule has 0 aliphatic carbocycles. The highest BCUT2D eigenvalue weighted by atomic mass is 16.3. The van der Waals surface area contributed by atoms with Crippen LogP contribution in [0.15, 0.2) is 39.5 Å². The molecule has 0 unspecified atom stereocenters. The summed E-state index contributed by atoms with van der Waals surface area (Å²) in [4.78, 5) is 16.5. The molecule has 0 saturated carbocycles. The average Bonchev–Trinajstić information content (AvgIpc) is 3.00. The highest BCUT2D eigenvalue weighted by molar-refractivity contribution is 5.78. The summed E-state index contributed by atoms with van der Waals surface area (Å²) in [6.45, 7) is 0.474. The van der Waals surface area contributed by atoms with Gasteiger partial charge in [0.05, 0.1) is 17.6 Å². The second kappa shape index (κ2) is 4.38. The lowest BCUT2D eigenvalue weighted by Crippen LogP contribution is -1.99. The van der Waals surface area contributed by atoms with Gasteiger partial charge in [-0.1, -0.05) is 0 Å². The van der Waals surface area contributed by atoms with Crippen molar-refractivity contribution >= 4 is 16.7 Å². The summed E-state index contributed by atoms with van der Waals surface area (Å²) >= 11 is 0. The van der Waals surface area contributed by atoms with E-state index < -0.39 is 0 Å². The number of anilines is 1. The summed E-state index contributed by atoms with van der Waals surface area (Å²) < 4.78 is 5.26. The molecule has 0 aliphatic rings. The van der Waals surface area contributed by atoms with E-state index in [0.29, 0.717) is 18.1 Å². The average molecular weight is 254 g/mol. The number of nitrogens with one attached hydrogen (secondary N) is 3. The molecule has 6 nitrogen and oxygen atoms in total. The van der Waals surface area contributed by atoms with E-state index in [1.807, 2.05) is 24.3 Å². The molecule has 3 N–H and O–H groups in total. The minimum Gasteiger partial charge on any atom is -0.449 e. The summed E-state index contributed by atoms with van der Waals surface area (Å²) in [5.41, 5.74) is 2.14. The summed E-state index contributed by atoms with van der Waals surface area (Å²) in [6.07, 6.45) is 0. The van der Waals surface area contributed by atoms with E-state index in [2.05, 4.69) is 15.3 Å². The van der Waals surface area contributed by atoms with Crippen LogP contribution in [0.25, 0.3) is 11.0 Å². The summed E-state index contributed by atoms with van der Waals surface area (Å²) in [7, 11) is 0. The highest BCUT2D eigenvalue weighted by Gasteiger charge is 2.02. The standard InChI is InChI=1S/C13H10N4O2/c14-6-9-2-3-10(19-9)7-15-8-1-4-11-12(5-8)17-13(18)16-11/h1-5,15H,7H2,(H2,16,17,18). The molecule has 0 atom stereocenters. The van der Waals surface area contributed by atoms with Crippen molar-refractivity contribution in [3.63, 3.8) is 0 Å². The van der Waals surface area contributed by atoms with Crippen LogP contribution in [-0.2, 0) is 6.54 Å². The zero-order valence-electron chi connectivity index (χ0n) is 9.86.